The Kier molecular flexibility index (Phi) is 3.17. The minimum Gasteiger partial charge on any atom is -0.368 e. The number of aryl methyl sites for hydroxylation is 1. The van der Waals surface area contributed by atoms with Gasteiger partial charge in [0.25, 0.3) is 0 Å². The average Bonchev–Trinajstić information content (AvgIpc) is 2.74. The normalized spacial score (nSPS) is 30.2. The molecular formula is C12H19N3OS. The molecule has 1 saturated heterocycles. The SMILES string of the molecule is CN1CCOC(c2nc3c(s2)C(N)CCC3)C1. The number of hydrogen-bond acceptors (Lipinski definition) is 5. The van der Waals surface area contributed by atoms with Crippen molar-refractivity contribution in [1.82, 2.24) is 9.88 Å². The van der Waals surface area contributed by atoms with Gasteiger partial charge in [-0.05, 0) is 26.3 Å². The van der Waals surface area contributed by atoms with E-state index in [9.17, 15) is 0 Å². The maximum Gasteiger partial charge on any atom is 0.123 e. The van der Waals surface area contributed by atoms with Crippen LogP contribution in [0.1, 0.15) is 40.6 Å². The van der Waals surface area contributed by atoms with Gasteiger partial charge in [-0.1, -0.05) is 0 Å². The molecule has 4 nitrogen and oxygen atoms in total. The van der Waals surface area contributed by atoms with Crippen molar-refractivity contribution < 1.29 is 4.74 Å². The van der Waals surface area contributed by atoms with Crippen molar-refractivity contribution in [2.24, 2.45) is 5.73 Å². The second kappa shape index (κ2) is 4.65. The van der Waals surface area contributed by atoms with Crippen molar-refractivity contribution in [2.45, 2.75) is 31.4 Å². The predicted molar refractivity (Wildman–Crippen MR) is 68.2 cm³/mol. The molecule has 1 aliphatic carbocycles. The third-order valence-corrected chi connectivity index (χ3v) is 4.88. The van der Waals surface area contributed by atoms with E-state index in [1.54, 1.807) is 11.3 Å². The van der Waals surface area contributed by atoms with E-state index in [0.29, 0.717) is 0 Å². The quantitative estimate of drug-likeness (QED) is 0.823. The molecule has 17 heavy (non-hydrogen) atoms. The van der Waals surface area contributed by atoms with Gasteiger partial charge in [0.15, 0.2) is 0 Å². The predicted octanol–water partition coefficient (Wildman–Crippen LogP) is 1.48. The zero-order chi connectivity index (χ0) is 11.8. The molecule has 1 fully saturated rings. The Bertz CT molecular complexity index is 406. The fourth-order valence-corrected chi connectivity index (χ4v) is 3.73. The number of aromatic nitrogens is 1. The Labute approximate surface area is 106 Å². The summed E-state index contributed by atoms with van der Waals surface area (Å²) < 4.78 is 5.81. The Balaban J connectivity index is 1.83. The lowest BCUT2D eigenvalue weighted by Gasteiger charge is -2.28. The number of nitrogens with zero attached hydrogens (tertiary/aromatic N) is 2. The van der Waals surface area contributed by atoms with Crippen molar-refractivity contribution in [3.8, 4) is 0 Å². The van der Waals surface area contributed by atoms with Crippen LogP contribution in [0.15, 0.2) is 0 Å². The van der Waals surface area contributed by atoms with Gasteiger partial charge in [0.05, 0.1) is 12.3 Å². The topological polar surface area (TPSA) is 51.4 Å². The number of rotatable bonds is 1. The molecule has 2 N–H and O–H groups in total. The first kappa shape index (κ1) is 11.6. The Morgan fingerprint density at radius 1 is 1.53 bits per heavy atom. The lowest BCUT2D eigenvalue weighted by atomic mass is 9.99. The second-order valence-electron chi connectivity index (χ2n) is 4.98. The molecule has 1 aliphatic heterocycles. The van der Waals surface area contributed by atoms with Crippen molar-refractivity contribution in [3.63, 3.8) is 0 Å². The van der Waals surface area contributed by atoms with Gasteiger partial charge in [-0.2, -0.15) is 0 Å². The zero-order valence-corrected chi connectivity index (χ0v) is 11.0. The van der Waals surface area contributed by atoms with Crippen LogP contribution in [0.4, 0.5) is 0 Å². The minimum atomic E-state index is 0.150. The highest BCUT2D eigenvalue weighted by molar-refractivity contribution is 7.11. The van der Waals surface area contributed by atoms with Crippen LogP contribution in [-0.4, -0.2) is 36.6 Å². The number of nitrogens with two attached hydrogens (primary N) is 1. The molecule has 94 valence electrons. The van der Waals surface area contributed by atoms with E-state index in [1.165, 1.54) is 17.0 Å². The highest BCUT2D eigenvalue weighted by Crippen LogP contribution is 2.36. The molecule has 3 rings (SSSR count). The number of morpholine rings is 1. The maximum absolute atomic E-state index is 6.14. The summed E-state index contributed by atoms with van der Waals surface area (Å²) in [4.78, 5) is 8.34. The average molecular weight is 253 g/mol. The highest BCUT2D eigenvalue weighted by atomic mass is 32.1. The van der Waals surface area contributed by atoms with Gasteiger partial charge in [-0.15, -0.1) is 11.3 Å². The van der Waals surface area contributed by atoms with Gasteiger partial charge in [0.2, 0.25) is 0 Å². The number of hydrogen-bond donors (Lipinski definition) is 1. The van der Waals surface area contributed by atoms with E-state index < -0.39 is 0 Å². The summed E-state index contributed by atoms with van der Waals surface area (Å²) in [6, 6.07) is 0.200. The molecule has 2 unspecified atom stereocenters. The van der Waals surface area contributed by atoms with E-state index in [-0.39, 0.29) is 12.1 Å². The van der Waals surface area contributed by atoms with Crippen molar-refractivity contribution in [3.05, 3.63) is 15.6 Å². The standard InChI is InChI=1S/C12H19N3OS/c1-15-5-6-16-10(7-15)12-14-9-4-2-3-8(13)11(9)17-12/h8,10H,2-7,13H2,1H3. The summed E-state index contributed by atoms with van der Waals surface area (Å²) in [5.74, 6) is 0. The molecule has 0 aromatic carbocycles. The van der Waals surface area contributed by atoms with E-state index in [1.807, 2.05) is 0 Å². The maximum atomic E-state index is 6.14. The number of thiazole rings is 1. The Hall–Kier alpha value is -0.490. The summed E-state index contributed by atoms with van der Waals surface area (Å²) in [6.07, 6.45) is 3.50. The third-order valence-electron chi connectivity index (χ3n) is 3.55. The van der Waals surface area contributed by atoms with Gasteiger partial charge in [-0.3, -0.25) is 0 Å². The van der Waals surface area contributed by atoms with Gasteiger partial charge in [-0.25, -0.2) is 4.98 Å². The van der Waals surface area contributed by atoms with Crippen LogP contribution in [0.25, 0.3) is 0 Å². The number of fused-ring (bicyclic) bond motifs is 1. The molecule has 5 heteroatoms. The zero-order valence-electron chi connectivity index (χ0n) is 10.2. The Morgan fingerprint density at radius 2 is 2.41 bits per heavy atom. The summed E-state index contributed by atoms with van der Waals surface area (Å²) in [5.41, 5.74) is 7.36. The molecule has 1 aromatic heterocycles. The van der Waals surface area contributed by atoms with E-state index in [4.69, 9.17) is 15.5 Å². The monoisotopic (exact) mass is 253 g/mol. The fraction of sp³-hybridized carbons (Fsp3) is 0.750. The lowest BCUT2D eigenvalue weighted by Crippen LogP contribution is -2.35. The number of ether oxygens (including phenoxy) is 1. The molecule has 0 amide bonds. The van der Waals surface area contributed by atoms with Gasteiger partial charge < -0.3 is 15.4 Å². The first-order valence-corrected chi connectivity index (χ1v) is 7.11. The first-order valence-electron chi connectivity index (χ1n) is 6.29. The van der Waals surface area contributed by atoms with Crippen LogP contribution in [0.2, 0.25) is 0 Å². The van der Waals surface area contributed by atoms with Gasteiger partial charge in [0, 0.05) is 24.0 Å². The van der Waals surface area contributed by atoms with E-state index in [0.717, 1.165) is 37.5 Å². The van der Waals surface area contributed by atoms with Crippen LogP contribution >= 0.6 is 11.3 Å². The molecule has 0 spiro atoms. The van der Waals surface area contributed by atoms with Crippen LogP contribution < -0.4 is 5.73 Å². The van der Waals surface area contributed by atoms with E-state index in [2.05, 4.69) is 11.9 Å². The molecule has 1 aromatic rings. The smallest absolute Gasteiger partial charge is 0.123 e. The van der Waals surface area contributed by atoms with Crippen LogP contribution in [0.5, 0.6) is 0 Å². The first-order chi connectivity index (χ1) is 8.24. The van der Waals surface area contributed by atoms with Crippen LogP contribution in [-0.2, 0) is 11.2 Å². The molecule has 2 heterocycles. The Morgan fingerprint density at radius 3 is 3.18 bits per heavy atom. The van der Waals surface area contributed by atoms with Gasteiger partial charge in [0.1, 0.15) is 11.1 Å². The largest absolute Gasteiger partial charge is 0.368 e. The van der Waals surface area contributed by atoms with Crippen molar-refractivity contribution in [1.29, 1.82) is 0 Å². The second-order valence-corrected chi connectivity index (χ2v) is 6.05. The van der Waals surface area contributed by atoms with Gasteiger partial charge >= 0.3 is 0 Å². The number of likely N-dealkylation sites (N-methyl/N-ethyl adjacent to an activating group) is 1. The third kappa shape index (κ3) is 2.25. The summed E-state index contributed by atoms with van der Waals surface area (Å²) >= 11 is 1.76. The summed E-state index contributed by atoms with van der Waals surface area (Å²) in [6.45, 7) is 2.76. The van der Waals surface area contributed by atoms with Crippen molar-refractivity contribution >= 4 is 11.3 Å². The molecule has 0 radical (unpaired) electrons. The fourth-order valence-electron chi connectivity index (χ4n) is 2.54. The molecule has 2 atom stereocenters. The van der Waals surface area contributed by atoms with Crippen LogP contribution in [0, 0.1) is 0 Å². The lowest BCUT2D eigenvalue weighted by molar-refractivity contribution is -0.0210. The minimum absolute atomic E-state index is 0.150. The molecule has 2 aliphatic rings. The molecule has 0 saturated carbocycles. The summed E-state index contributed by atoms with van der Waals surface area (Å²) in [7, 11) is 2.13. The highest BCUT2D eigenvalue weighted by Gasteiger charge is 2.27. The van der Waals surface area contributed by atoms with Crippen molar-refractivity contribution in [2.75, 3.05) is 26.7 Å². The molecular weight excluding hydrogens is 234 g/mol. The van der Waals surface area contributed by atoms with E-state index >= 15 is 0 Å². The van der Waals surface area contributed by atoms with Crippen LogP contribution in [0.3, 0.4) is 0 Å². The molecule has 0 bridgehead atoms. The summed E-state index contributed by atoms with van der Waals surface area (Å²) in [5, 5.41) is 1.12.